The van der Waals surface area contributed by atoms with Crippen LogP contribution in [0.3, 0.4) is 0 Å². The Kier molecular flexibility index (Phi) is 5.91. The first kappa shape index (κ1) is 16.1. The molecule has 0 aliphatic heterocycles. The van der Waals surface area contributed by atoms with E-state index in [9.17, 15) is 0 Å². The highest BCUT2D eigenvalue weighted by atomic mass is 32.1. The smallest absolute Gasteiger partial charge is 0.122 e. The highest BCUT2D eigenvalue weighted by Gasteiger charge is 2.16. The van der Waals surface area contributed by atoms with Crippen LogP contribution in [0.2, 0.25) is 0 Å². The average Bonchev–Trinajstić information content (AvgIpc) is 2.91. The van der Waals surface area contributed by atoms with Crippen LogP contribution in [0.4, 0.5) is 0 Å². The average molecular weight is 304 g/mol. The second-order valence-corrected chi connectivity index (χ2v) is 6.54. The molecule has 0 saturated heterocycles. The van der Waals surface area contributed by atoms with Crippen LogP contribution in [0.1, 0.15) is 36.8 Å². The number of methoxy groups -OCH3 is 1. The van der Waals surface area contributed by atoms with Gasteiger partial charge in [-0.15, -0.1) is 11.3 Å². The van der Waals surface area contributed by atoms with Crippen LogP contribution < -0.4 is 5.32 Å². The van der Waals surface area contributed by atoms with E-state index in [4.69, 9.17) is 9.72 Å². The molecule has 0 fully saturated rings. The highest BCUT2D eigenvalue weighted by molar-refractivity contribution is 7.12. The molecule has 0 radical (unpaired) electrons. The van der Waals surface area contributed by atoms with Crippen LogP contribution in [0, 0.1) is 0 Å². The van der Waals surface area contributed by atoms with E-state index in [1.54, 1.807) is 18.4 Å². The van der Waals surface area contributed by atoms with E-state index in [1.807, 2.05) is 13.0 Å². The maximum Gasteiger partial charge on any atom is 0.122 e. The fourth-order valence-electron chi connectivity index (χ4n) is 2.11. The minimum Gasteiger partial charge on any atom is -0.375 e. The minimum absolute atomic E-state index is 0.0456. The lowest BCUT2D eigenvalue weighted by molar-refractivity contribution is 0.119. The summed E-state index contributed by atoms with van der Waals surface area (Å²) in [7, 11) is 1.73. The Morgan fingerprint density at radius 2 is 1.90 bits per heavy atom. The molecule has 0 aliphatic rings. The zero-order chi connectivity index (χ0) is 15.2. The molecule has 2 aromatic rings. The monoisotopic (exact) mass is 304 g/mol. The molecule has 114 valence electrons. The van der Waals surface area contributed by atoms with Gasteiger partial charge in [-0.25, -0.2) is 4.98 Å². The molecule has 0 bridgehead atoms. The highest BCUT2D eigenvalue weighted by Crippen LogP contribution is 2.32. The quantitative estimate of drug-likeness (QED) is 0.837. The third kappa shape index (κ3) is 4.37. The second kappa shape index (κ2) is 7.69. The first-order chi connectivity index (χ1) is 10.1. The molecule has 2 rings (SSSR count). The van der Waals surface area contributed by atoms with Crippen molar-refractivity contribution in [1.82, 2.24) is 10.3 Å². The second-order valence-electron chi connectivity index (χ2n) is 5.43. The normalized spacial score (nSPS) is 12.8. The van der Waals surface area contributed by atoms with Gasteiger partial charge >= 0.3 is 0 Å². The van der Waals surface area contributed by atoms with Crippen molar-refractivity contribution in [3.63, 3.8) is 0 Å². The van der Waals surface area contributed by atoms with Gasteiger partial charge in [0.2, 0.25) is 0 Å². The lowest BCUT2D eigenvalue weighted by atomic mass is 10.1. The van der Waals surface area contributed by atoms with Gasteiger partial charge in [-0.05, 0) is 13.3 Å². The first-order valence-electron chi connectivity index (χ1n) is 7.43. The number of nitrogens with one attached hydrogen (secondary N) is 1. The van der Waals surface area contributed by atoms with Crippen molar-refractivity contribution in [2.24, 2.45) is 0 Å². The van der Waals surface area contributed by atoms with Crippen molar-refractivity contribution in [3.8, 4) is 11.3 Å². The van der Waals surface area contributed by atoms with Crippen molar-refractivity contribution < 1.29 is 4.74 Å². The fourth-order valence-corrected chi connectivity index (χ4v) is 3.23. The van der Waals surface area contributed by atoms with Crippen LogP contribution in [0.25, 0.3) is 11.3 Å². The summed E-state index contributed by atoms with van der Waals surface area (Å²) in [6, 6.07) is 10.9. The standard InChI is InChI=1S/C17H24N2OS/c1-12(2)18-11-10-15-16(14-8-6-5-7-9-14)19-17(21-15)13(3)20-4/h5-9,12-13,18H,10-11H2,1-4H3. The van der Waals surface area contributed by atoms with Gasteiger partial charge in [-0.2, -0.15) is 0 Å². The summed E-state index contributed by atoms with van der Waals surface area (Å²) in [4.78, 5) is 6.14. The van der Waals surface area contributed by atoms with E-state index < -0.39 is 0 Å². The minimum atomic E-state index is 0.0456. The molecule has 0 amide bonds. The maximum atomic E-state index is 5.42. The van der Waals surface area contributed by atoms with Crippen molar-refractivity contribution in [2.75, 3.05) is 13.7 Å². The lowest BCUT2D eigenvalue weighted by Crippen LogP contribution is -2.24. The molecule has 1 N–H and O–H groups in total. The van der Waals surface area contributed by atoms with E-state index in [1.165, 1.54) is 10.4 Å². The predicted octanol–water partition coefficient (Wildman–Crippen LogP) is 4.06. The SMILES string of the molecule is COC(C)c1nc(-c2ccccc2)c(CCNC(C)C)s1. The van der Waals surface area contributed by atoms with Crippen LogP contribution in [0.15, 0.2) is 30.3 Å². The van der Waals surface area contributed by atoms with Gasteiger partial charge in [0, 0.05) is 30.1 Å². The molecule has 0 saturated carbocycles. The number of rotatable bonds is 7. The Hall–Kier alpha value is -1.23. The predicted molar refractivity (Wildman–Crippen MR) is 89.8 cm³/mol. The van der Waals surface area contributed by atoms with E-state index in [0.717, 1.165) is 23.7 Å². The summed E-state index contributed by atoms with van der Waals surface area (Å²) in [5, 5.41) is 4.52. The molecule has 3 nitrogen and oxygen atoms in total. The maximum absolute atomic E-state index is 5.42. The Labute approximate surface area is 131 Å². The summed E-state index contributed by atoms with van der Waals surface area (Å²) in [6.45, 7) is 7.36. The van der Waals surface area contributed by atoms with Gasteiger partial charge in [-0.3, -0.25) is 0 Å². The number of benzene rings is 1. The molecule has 4 heteroatoms. The van der Waals surface area contributed by atoms with E-state index in [2.05, 4.69) is 43.4 Å². The van der Waals surface area contributed by atoms with Gasteiger partial charge in [0.25, 0.3) is 0 Å². The number of hydrogen-bond acceptors (Lipinski definition) is 4. The Balaban J connectivity index is 2.25. The van der Waals surface area contributed by atoms with Crippen molar-refractivity contribution >= 4 is 11.3 Å². The third-order valence-electron chi connectivity index (χ3n) is 3.37. The number of nitrogens with zero attached hydrogens (tertiary/aromatic N) is 1. The first-order valence-corrected chi connectivity index (χ1v) is 8.24. The number of hydrogen-bond donors (Lipinski definition) is 1. The molecule has 1 heterocycles. The Bertz CT molecular complexity index is 551. The number of ether oxygens (including phenoxy) is 1. The van der Waals surface area contributed by atoms with Crippen molar-refractivity contribution in [1.29, 1.82) is 0 Å². The van der Waals surface area contributed by atoms with Crippen molar-refractivity contribution in [2.45, 2.75) is 39.3 Å². The van der Waals surface area contributed by atoms with E-state index in [0.29, 0.717) is 6.04 Å². The largest absolute Gasteiger partial charge is 0.375 e. The van der Waals surface area contributed by atoms with Gasteiger partial charge in [0.05, 0.1) is 5.69 Å². The fraction of sp³-hybridized carbons (Fsp3) is 0.471. The van der Waals surface area contributed by atoms with E-state index >= 15 is 0 Å². The van der Waals surface area contributed by atoms with Gasteiger partial charge in [-0.1, -0.05) is 44.2 Å². The molecule has 21 heavy (non-hydrogen) atoms. The molecular weight excluding hydrogens is 280 g/mol. The molecule has 1 aromatic carbocycles. The lowest BCUT2D eigenvalue weighted by Gasteiger charge is -2.07. The zero-order valence-electron chi connectivity index (χ0n) is 13.2. The Morgan fingerprint density at radius 1 is 1.19 bits per heavy atom. The summed E-state index contributed by atoms with van der Waals surface area (Å²) in [5.74, 6) is 0. The number of aromatic nitrogens is 1. The topological polar surface area (TPSA) is 34.1 Å². The Morgan fingerprint density at radius 3 is 2.52 bits per heavy atom. The summed E-state index contributed by atoms with van der Waals surface area (Å²) in [5.41, 5.74) is 2.29. The molecule has 0 spiro atoms. The van der Waals surface area contributed by atoms with Gasteiger partial charge in [0.1, 0.15) is 11.1 Å². The molecule has 0 aliphatic carbocycles. The summed E-state index contributed by atoms with van der Waals surface area (Å²) < 4.78 is 5.42. The molecular formula is C17H24N2OS. The van der Waals surface area contributed by atoms with Gasteiger partial charge in [0.15, 0.2) is 0 Å². The van der Waals surface area contributed by atoms with Crippen molar-refractivity contribution in [3.05, 3.63) is 40.2 Å². The summed E-state index contributed by atoms with van der Waals surface area (Å²) >= 11 is 1.76. The van der Waals surface area contributed by atoms with Crippen LogP contribution in [0.5, 0.6) is 0 Å². The van der Waals surface area contributed by atoms with Gasteiger partial charge < -0.3 is 10.1 Å². The van der Waals surface area contributed by atoms with E-state index in [-0.39, 0.29) is 6.10 Å². The number of thiazole rings is 1. The molecule has 1 aromatic heterocycles. The zero-order valence-corrected chi connectivity index (χ0v) is 14.0. The summed E-state index contributed by atoms with van der Waals surface area (Å²) in [6.07, 6.45) is 1.04. The molecule has 1 atom stereocenters. The molecule has 1 unspecified atom stereocenters. The van der Waals surface area contributed by atoms with Crippen LogP contribution in [-0.2, 0) is 11.2 Å². The third-order valence-corrected chi connectivity index (χ3v) is 4.64. The van der Waals surface area contributed by atoms with Crippen LogP contribution in [-0.4, -0.2) is 24.7 Å². The van der Waals surface area contributed by atoms with Crippen LogP contribution >= 0.6 is 11.3 Å².